The van der Waals surface area contributed by atoms with E-state index in [9.17, 15) is 5.11 Å². The molecule has 1 unspecified atom stereocenters. The van der Waals surface area contributed by atoms with Gasteiger partial charge in [0.05, 0.1) is 16.1 Å². The van der Waals surface area contributed by atoms with E-state index < -0.39 is 0 Å². The van der Waals surface area contributed by atoms with E-state index in [1.54, 1.807) is 6.07 Å². The fourth-order valence-electron chi connectivity index (χ4n) is 3.32. The van der Waals surface area contributed by atoms with Gasteiger partial charge >= 0.3 is 0 Å². The van der Waals surface area contributed by atoms with Gasteiger partial charge in [-0.3, -0.25) is 0 Å². The van der Waals surface area contributed by atoms with Crippen LogP contribution >= 0.6 is 23.2 Å². The van der Waals surface area contributed by atoms with E-state index in [2.05, 4.69) is 19.0 Å². The molecule has 112 valence electrons. The van der Waals surface area contributed by atoms with Crippen LogP contribution in [0.1, 0.15) is 37.7 Å². The maximum absolute atomic E-state index is 10.8. The van der Waals surface area contributed by atoms with Crippen LogP contribution in [0.5, 0.6) is 0 Å². The summed E-state index contributed by atoms with van der Waals surface area (Å²) >= 11 is 12.0. The second kappa shape index (κ2) is 6.65. The van der Waals surface area contributed by atoms with Crippen LogP contribution < -0.4 is 0 Å². The summed E-state index contributed by atoms with van der Waals surface area (Å²) in [7, 11) is 4.15. The monoisotopic (exact) mass is 315 g/mol. The Hall–Kier alpha value is -0.280. The number of hydrogen-bond donors (Lipinski definition) is 1. The lowest BCUT2D eigenvalue weighted by Gasteiger charge is -2.46. The molecule has 1 aliphatic rings. The SMILES string of the molecule is CN(C)C1(C(O)Cc2ccc(Cl)c(Cl)c2)CCCCC1. The highest BCUT2D eigenvalue weighted by Gasteiger charge is 2.40. The third-order valence-corrected chi connectivity index (χ3v) is 5.38. The standard InChI is InChI=1S/C16H23Cl2NO/c1-19(2)16(8-4-3-5-9-16)15(20)11-12-6-7-13(17)14(18)10-12/h6-7,10,15,20H,3-5,8-9,11H2,1-2H3. The molecule has 2 rings (SSSR count). The zero-order valence-electron chi connectivity index (χ0n) is 12.2. The van der Waals surface area contributed by atoms with E-state index in [1.165, 1.54) is 19.3 Å². The summed E-state index contributed by atoms with van der Waals surface area (Å²) < 4.78 is 0. The van der Waals surface area contributed by atoms with E-state index >= 15 is 0 Å². The fourth-order valence-corrected chi connectivity index (χ4v) is 3.64. The number of nitrogens with zero attached hydrogens (tertiary/aromatic N) is 1. The van der Waals surface area contributed by atoms with E-state index in [1.807, 2.05) is 12.1 Å². The van der Waals surface area contributed by atoms with Crippen molar-refractivity contribution in [1.82, 2.24) is 4.90 Å². The third kappa shape index (κ3) is 3.30. The zero-order chi connectivity index (χ0) is 14.8. The van der Waals surface area contributed by atoms with Crippen molar-refractivity contribution in [3.8, 4) is 0 Å². The van der Waals surface area contributed by atoms with Crippen molar-refractivity contribution < 1.29 is 5.11 Å². The average Bonchev–Trinajstić information content (AvgIpc) is 2.43. The number of halogens is 2. The molecule has 20 heavy (non-hydrogen) atoms. The van der Waals surface area contributed by atoms with Crippen LogP contribution in [0, 0.1) is 0 Å². The van der Waals surface area contributed by atoms with Gasteiger partial charge in [-0.2, -0.15) is 0 Å². The lowest BCUT2D eigenvalue weighted by atomic mass is 9.75. The van der Waals surface area contributed by atoms with Gasteiger partial charge in [0.25, 0.3) is 0 Å². The van der Waals surface area contributed by atoms with Crippen LogP contribution in [0.2, 0.25) is 10.0 Å². The summed E-state index contributed by atoms with van der Waals surface area (Å²) in [6, 6.07) is 5.61. The number of likely N-dealkylation sites (N-methyl/N-ethyl adjacent to an activating group) is 1. The van der Waals surface area contributed by atoms with Crippen LogP contribution in [-0.4, -0.2) is 35.7 Å². The number of rotatable bonds is 4. The number of hydrogen-bond acceptors (Lipinski definition) is 2. The molecule has 2 nitrogen and oxygen atoms in total. The smallest absolute Gasteiger partial charge is 0.0763 e. The normalized spacial score (nSPS) is 20.1. The second-order valence-electron chi connectivity index (χ2n) is 6.03. The minimum Gasteiger partial charge on any atom is -0.391 e. The molecule has 0 aromatic heterocycles. The first-order valence-corrected chi connectivity index (χ1v) is 8.01. The predicted molar refractivity (Wildman–Crippen MR) is 85.7 cm³/mol. The van der Waals surface area contributed by atoms with Gasteiger partial charge in [0.15, 0.2) is 0 Å². The molecule has 1 aromatic rings. The summed E-state index contributed by atoms with van der Waals surface area (Å²) in [4.78, 5) is 2.20. The number of aliphatic hydroxyl groups is 1. The van der Waals surface area contributed by atoms with Crippen molar-refractivity contribution in [3.05, 3.63) is 33.8 Å². The molecule has 1 aromatic carbocycles. The molecule has 1 N–H and O–H groups in total. The molecule has 0 radical (unpaired) electrons. The molecule has 0 amide bonds. The molecular weight excluding hydrogens is 293 g/mol. The van der Waals surface area contributed by atoms with Crippen molar-refractivity contribution in [2.75, 3.05) is 14.1 Å². The first-order valence-electron chi connectivity index (χ1n) is 7.25. The van der Waals surface area contributed by atoms with Gasteiger partial charge in [0, 0.05) is 12.0 Å². The largest absolute Gasteiger partial charge is 0.391 e. The molecule has 0 heterocycles. The Balaban J connectivity index is 2.15. The molecular formula is C16H23Cl2NO. The molecule has 1 fully saturated rings. The van der Waals surface area contributed by atoms with Crippen molar-refractivity contribution in [1.29, 1.82) is 0 Å². The van der Waals surface area contributed by atoms with Crippen molar-refractivity contribution in [2.45, 2.75) is 50.2 Å². The van der Waals surface area contributed by atoms with Crippen LogP contribution in [0.3, 0.4) is 0 Å². The van der Waals surface area contributed by atoms with Crippen molar-refractivity contribution in [2.24, 2.45) is 0 Å². The molecule has 1 aliphatic carbocycles. The highest BCUT2D eigenvalue weighted by atomic mass is 35.5. The van der Waals surface area contributed by atoms with Crippen molar-refractivity contribution >= 4 is 23.2 Å². The zero-order valence-corrected chi connectivity index (χ0v) is 13.7. The predicted octanol–water partition coefficient (Wildman–Crippen LogP) is 4.16. The molecule has 4 heteroatoms. The fraction of sp³-hybridized carbons (Fsp3) is 0.625. The Morgan fingerprint density at radius 2 is 1.80 bits per heavy atom. The Morgan fingerprint density at radius 3 is 2.35 bits per heavy atom. The van der Waals surface area contributed by atoms with Crippen molar-refractivity contribution in [3.63, 3.8) is 0 Å². The first-order chi connectivity index (χ1) is 9.45. The quantitative estimate of drug-likeness (QED) is 0.901. The Morgan fingerprint density at radius 1 is 1.15 bits per heavy atom. The van der Waals surface area contributed by atoms with Gasteiger partial charge < -0.3 is 10.0 Å². The Labute approximate surface area is 131 Å². The van der Waals surface area contributed by atoms with Gasteiger partial charge in [-0.15, -0.1) is 0 Å². The summed E-state index contributed by atoms with van der Waals surface area (Å²) in [6.45, 7) is 0. The summed E-state index contributed by atoms with van der Waals surface area (Å²) in [6.07, 6.45) is 6.01. The summed E-state index contributed by atoms with van der Waals surface area (Å²) in [5, 5.41) is 11.9. The van der Waals surface area contributed by atoms with E-state index in [0.717, 1.165) is 18.4 Å². The van der Waals surface area contributed by atoms with Gasteiger partial charge in [0.2, 0.25) is 0 Å². The summed E-state index contributed by atoms with van der Waals surface area (Å²) in [5.41, 5.74) is 0.934. The van der Waals surface area contributed by atoms with E-state index in [-0.39, 0.29) is 11.6 Å². The van der Waals surface area contributed by atoms with Gasteiger partial charge in [-0.25, -0.2) is 0 Å². The second-order valence-corrected chi connectivity index (χ2v) is 6.84. The maximum Gasteiger partial charge on any atom is 0.0763 e. The molecule has 0 spiro atoms. The van der Waals surface area contributed by atoms with E-state index in [0.29, 0.717) is 16.5 Å². The minimum atomic E-state index is -0.380. The number of aliphatic hydroxyl groups excluding tert-OH is 1. The lowest BCUT2D eigenvalue weighted by molar-refractivity contribution is -0.0310. The van der Waals surface area contributed by atoms with Gasteiger partial charge in [0.1, 0.15) is 0 Å². The Bertz CT molecular complexity index is 456. The third-order valence-electron chi connectivity index (χ3n) is 4.64. The van der Waals surface area contributed by atoms with Crippen LogP contribution in [-0.2, 0) is 6.42 Å². The van der Waals surface area contributed by atoms with Crippen LogP contribution in [0.25, 0.3) is 0 Å². The molecule has 1 saturated carbocycles. The van der Waals surface area contributed by atoms with Crippen LogP contribution in [0.15, 0.2) is 18.2 Å². The molecule has 0 aliphatic heterocycles. The lowest BCUT2D eigenvalue weighted by Crippen LogP contribution is -2.55. The summed E-state index contributed by atoms with van der Waals surface area (Å²) in [5.74, 6) is 0. The molecule has 0 saturated heterocycles. The molecule has 0 bridgehead atoms. The Kier molecular flexibility index (Phi) is 5.36. The maximum atomic E-state index is 10.8. The topological polar surface area (TPSA) is 23.5 Å². The number of benzene rings is 1. The minimum absolute atomic E-state index is 0.107. The van der Waals surface area contributed by atoms with Gasteiger partial charge in [-0.1, -0.05) is 48.5 Å². The highest BCUT2D eigenvalue weighted by Crippen LogP contribution is 2.36. The average molecular weight is 316 g/mol. The highest BCUT2D eigenvalue weighted by molar-refractivity contribution is 6.42. The molecule has 1 atom stereocenters. The van der Waals surface area contributed by atoms with E-state index in [4.69, 9.17) is 23.2 Å². The first kappa shape index (κ1) is 16.1. The van der Waals surface area contributed by atoms with Gasteiger partial charge in [-0.05, 0) is 44.6 Å². The van der Waals surface area contributed by atoms with Crippen LogP contribution in [0.4, 0.5) is 0 Å².